The number of carbonyl (C=O) groups excluding carboxylic acids is 7. The average Bonchev–Trinajstić information content (AvgIpc) is 0.882. The molecule has 1 aliphatic rings. The van der Waals surface area contributed by atoms with Crippen LogP contribution in [0.2, 0.25) is 0 Å². The average molecular weight is 1780 g/mol. The van der Waals surface area contributed by atoms with Gasteiger partial charge in [-0.15, -0.1) is 0 Å². The fourth-order valence-corrected chi connectivity index (χ4v) is 16.8. The zero-order valence-corrected chi connectivity index (χ0v) is 76.9. The van der Waals surface area contributed by atoms with E-state index >= 15 is 0 Å². The molecular weight excluding hydrogens is 1660 g/mol. The molecule has 9 aromatic rings. The number of hydrogen-bond acceptors (Lipinski definition) is 22. The van der Waals surface area contributed by atoms with Crippen molar-refractivity contribution in [2.75, 3.05) is 58.6 Å². The van der Waals surface area contributed by atoms with Gasteiger partial charge in [0.25, 0.3) is 0 Å². The van der Waals surface area contributed by atoms with E-state index in [-0.39, 0.29) is 95.0 Å². The van der Waals surface area contributed by atoms with Crippen molar-refractivity contribution in [2.45, 2.75) is 220 Å². The first-order chi connectivity index (χ1) is 62.5. The summed E-state index contributed by atoms with van der Waals surface area (Å²) in [7, 11) is 3.77. The Bertz CT molecular complexity index is 4590. The maximum absolute atomic E-state index is 13.9. The summed E-state index contributed by atoms with van der Waals surface area (Å²) in [5.74, 6) is 1.83. The van der Waals surface area contributed by atoms with Gasteiger partial charge in [0.2, 0.25) is 0 Å². The molecule has 22 heteroatoms. The van der Waals surface area contributed by atoms with Crippen LogP contribution in [0.3, 0.4) is 0 Å². The van der Waals surface area contributed by atoms with Crippen molar-refractivity contribution >= 4 is 63.4 Å². The lowest BCUT2D eigenvalue weighted by atomic mass is 10.1. The van der Waals surface area contributed by atoms with E-state index in [4.69, 9.17) is 61.6 Å². The van der Waals surface area contributed by atoms with Crippen molar-refractivity contribution in [1.29, 1.82) is 0 Å². The van der Waals surface area contributed by atoms with E-state index in [0.29, 0.717) is 124 Å². The predicted molar refractivity (Wildman–Crippen MR) is 504 cm³/mol. The Kier molecular flexibility index (Phi) is 42.9. The first-order valence-corrected chi connectivity index (χ1v) is 48.4. The van der Waals surface area contributed by atoms with E-state index in [1.54, 1.807) is 60.7 Å². The Morgan fingerprint density at radius 1 is 0.305 bits per heavy atom. The van der Waals surface area contributed by atoms with Gasteiger partial charge in [-0.05, 0) is 257 Å². The summed E-state index contributed by atoms with van der Waals surface area (Å²) in [6.07, 6.45) is 25.1. The van der Waals surface area contributed by atoms with Gasteiger partial charge in [0.1, 0.15) is 74.4 Å². The summed E-state index contributed by atoms with van der Waals surface area (Å²) in [6, 6.07) is 56.9. The molecule has 0 spiro atoms. The van der Waals surface area contributed by atoms with Gasteiger partial charge in [0, 0.05) is 29.6 Å². The highest BCUT2D eigenvalue weighted by molar-refractivity contribution is 8.77. The molecular formula is C106H126O20S2. The third-order valence-corrected chi connectivity index (χ3v) is 25.0. The maximum atomic E-state index is 13.9. The molecule has 1 saturated heterocycles. The molecule has 0 amide bonds. The van der Waals surface area contributed by atoms with Crippen LogP contribution in [0.5, 0.6) is 63.2 Å². The van der Waals surface area contributed by atoms with E-state index in [9.17, 15) is 33.6 Å². The predicted octanol–water partition coefficient (Wildman–Crippen LogP) is 26.4. The number of rotatable bonds is 58. The number of hydrogen-bond donors (Lipinski definition) is 0. The second-order valence-electron chi connectivity index (χ2n) is 32.5. The van der Waals surface area contributed by atoms with Crippen molar-refractivity contribution in [1.82, 2.24) is 0 Å². The van der Waals surface area contributed by atoms with Crippen molar-refractivity contribution in [3.05, 3.63) is 234 Å². The van der Waals surface area contributed by atoms with Crippen LogP contribution >= 0.6 is 21.6 Å². The Balaban J connectivity index is 0.657. The fourth-order valence-electron chi connectivity index (χ4n) is 13.8. The van der Waals surface area contributed by atoms with Gasteiger partial charge in [-0.25, -0.2) is 28.8 Å². The lowest BCUT2D eigenvalue weighted by Gasteiger charge is -2.15. The van der Waals surface area contributed by atoms with E-state index in [0.717, 1.165) is 84.5 Å². The summed E-state index contributed by atoms with van der Waals surface area (Å²) in [4.78, 5) is 95.1. The van der Waals surface area contributed by atoms with E-state index in [2.05, 4.69) is 41.5 Å². The van der Waals surface area contributed by atoms with Crippen LogP contribution in [0.25, 0.3) is 22.3 Å². The van der Waals surface area contributed by atoms with Gasteiger partial charge < -0.3 is 61.6 Å². The number of ether oxygens (including phenoxy) is 13. The number of esters is 7. The molecule has 1 heterocycles. The highest BCUT2D eigenvalue weighted by Crippen LogP contribution is 2.40. The molecule has 0 saturated carbocycles. The molecule has 3 atom stereocenters. The van der Waals surface area contributed by atoms with E-state index in [1.807, 2.05) is 94.4 Å². The van der Waals surface area contributed by atoms with Crippen LogP contribution in [0, 0.1) is 11.8 Å². The number of unbranched alkanes of at least 4 members (excludes halogenated alkanes) is 17. The highest BCUT2D eigenvalue weighted by atomic mass is 33.1. The van der Waals surface area contributed by atoms with Gasteiger partial charge in [0.15, 0.2) is 0 Å². The molecule has 1 fully saturated rings. The van der Waals surface area contributed by atoms with Crippen molar-refractivity contribution in [2.24, 2.45) is 11.8 Å². The minimum atomic E-state index is -0.704. The Morgan fingerprint density at radius 3 is 1.02 bits per heavy atom. The lowest BCUT2D eigenvalue weighted by molar-refractivity contribution is -0.134. The summed E-state index contributed by atoms with van der Waals surface area (Å²) in [6.45, 7) is 15.8. The van der Waals surface area contributed by atoms with Crippen LogP contribution in [0.15, 0.2) is 200 Å². The lowest BCUT2D eigenvalue weighted by Crippen LogP contribution is -2.13. The standard InChI is InChI=1S/C106H126O20S2/c1-7-11-13-15-17-25-62-114-86-45-33-78(34-46-86)80-37-49-88(50-38-80)123-103(110)82-41-53-90(54-42-82)125-105(112)96-59-57-92(120-74-76(5)9-3)72-98(96)116-64-27-19-21-29-66-118-101(108)84-69-85(71-94(70-84)122-100(107)32-24-23-31-95-61-68-127-128-95)102(109)119-67-30-22-20-28-65-117-99-73-93(121-75-77(6)10-4)58-60-97(99)106(113)126-91-55-43-83(44-56-91)104(111)124-89-51-39-81(40-52-89)79-35-47-87(48-36-79)115-63-26-18-16-14-12-8-2/h33-60,69-73,76-77,95H,7-32,61-68,74-75H2,1-6H3/t76-,77-,95?/m0/s1. The van der Waals surface area contributed by atoms with Crippen LogP contribution in [0.4, 0.5) is 0 Å². The van der Waals surface area contributed by atoms with Gasteiger partial charge in [-0.2, -0.15) is 0 Å². The quantitative estimate of drug-likeness (QED) is 0.0149. The number of carbonyl (C=O) groups is 7. The molecule has 128 heavy (non-hydrogen) atoms. The van der Waals surface area contributed by atoms with Crippen LogP contribution in [-0.2, 0) is 14.3 Å². The second kappa shape index (κ2) is 55.5. The summed E-state index contributed by atoms with van der Waals surface area (Å²) in [5.41, 5.74) is 4.87. The monoisotopic (exact) mass is 1780 g/mol. The molecule has 0 radical (unpaired) electrons. The number of benzene rings is 9. The molecule has 9 aromatic carbocycles. The molecule has 682 valence electrons. The molecule has 0 aromatic heterocycles. The van der Waals surface area contributed by atoms with Crippen LogP contribution in [0.1, 0.15) is 277 Å². The summed E-state index contributed by atoms with van der Waals surface area (Å²) >= 11 is 0. The van der Waals surface area contributed by atoms with Crippen LogP contribution < -0.4 is 52.1 Å². The minimum Gasteiger partial charge on any atom is -0.494 e. The van der Waals surface area contributed by atoms with Gasteiger partial charge in [-0.3, -0.25) is 4.79 Å². The first-order valence-electron chi connectivity index (χ1n) is 46.0. The molecule has 10 rings (SSSR count). The smallest absolute Gasteiger partial charge is 0.347 e. The third kappa shape index (κ3) is 34.7. The Labute approximate surface area is 763 Å². The largest absolute Gasteiger partial charge is 0.494 e. The van der Waals surface area contributed by atoms with Gasteiger partial charge >= 0.3 is 41.8 Å². The van der Waals surface area contributed by atoms with Crippen molar-refractivity contribution < 1.29 is 95.1 Å². The normalized spacial score (nSPS) is 12.7. The van der Waals surface area contributed by atoms with Gasteiger partial charge in [-0.1, -0.05) is 195 Å². The minimum absolute atomic E-state index is 0.0207. The summed E-state index contributed by atoms with van der Waals surface area (Å²) in [5, 5.41) is 0.574. The first kappa shape index (κ1) is 98.9. The molecule has 0 bridgehead atoms. The second-order valence-corrected chi connectivity index (χ2v) is 35.3. The zero-order valence-electron chi connectivity index (χ0n) is 75.2. The van der Waals surface area contributed by atoms with Gasteiger partial charge in [0.05, 0.1) is 75.1 Å². The molecule has 0 N–H and O–H groups in total. The zero-order chi connectivity index (χ0) is 90.3. The van der Waals surface area contributed by atoms with Crippen molar-refractivity contribution in [3.63, 3.8) is 0 Å². The van der Waals surface area contributed by atoms with E-state index < -0.39 is 41.8 Å². The SMILES string of the molecule is CCCCCCCCOc1ccc(-c2ccc(OC(=O)c3ccc(OC(=O)c4ccc(OC[C@@H](C)CC)cc4OCCCCCCOC(=O)c4cc(OC(=O)CCCCC5CCSS5)cc(C(=O)OCCCCCCOc5cc(OC[C@@H](C)CC)ccc5C(=O)Oc5ccc(C(=O)Oc6ccc(-c7ccc(OCCCCCCCC)cc7)cc6)cc5)c4)cc3)cc2)cc1. The fraction of sp³-hybridized carbons (Fsp3) is 0.425. The Hall–Kier alpha value is -11.2. The third-order valence-electron chi connectivity index (χ3n) is 22.0. The molecule has 1 unspecified atom stereocenters. The topological polar surface area (TPSA) is 239 Å². The van der Waals surface area contributed by atoms with E-state index in [1.165, 1.54) is 131 Å². The highest BCUT2D eigenvalue weighted by Gasteiger charge is 2.24. The summed E-state index contributed by atoms with van der Waals surface area (Å²) < 4.78 is 76.9. The van der Waals surface area contributed by atoms with Crippen molar-refractivity contribution in [3.8, 4) is 85.5 Å². The Morgan fingerprint density at radius 2 is 0.648 bits per heavy atom. The molecule has 1 aliphatic heterocycles. The maximum Gasteiger partial charge on any atom is 0.347 e. The molecule has 0 aliphatic carbocycles. The molecule has 20 nitrogen and oxygen atoms in total. The van der Waals surface area contributed by atoms with Crippen LogP contribution in [-0.4, -0.2) is 106 Å².